The molecule has 0 heterocycles. The van der Waals surface area contributed by atoms with Gasteiger partial charge in [-0.3, -0.25) is 4.79 Å². The van der Waals surface area contributed by atoms with Gasteiger partial charge >= 0.3 is 11.9 Å². The van der Waals surface area contributed by atoms with Crippen LogP contribution >= 0.6 is 0 Å². The number of carbonyl (C=O) groups excluding carboxylic acids is 2. The fraction of sp³-hybridized carbons (Fsp3) is 0.429. The van der Waals surface area contributed by atoms with Crippen LogP contribution in [-0.4, -0.2) is 18.5 Å². The first-order valence-electron chi connectivity index (χ1n) is 6.17. The van der Waals surface area contributed by atoms with Gasteiger partial charge in [0.05, 0.1) is 6.61 Å². The van der Waals surface area contributed by atoms with Crippen LogP contribution in [0.5, 0.6) is 0 Å². The second kappa shape index (κ2) is 6.79. The summed E-state index contributed by atoms with van der Waals surface area (Å²) in [6.45, 7) is 6.02. The number of amides is 1. The van der Waals surface area contributed by atoms with E-state index in [1.165, 1.54) is 0 Å². The van der Waals surface area contributed by atoms with Crippen molar-refractivity contribution >= 4 is 17.6 Å². The zero-order valence-corrected chi connectivity index (χ0v) is 11.0. The molecule has 0 unspecified atom stereocenters. The van der Waals surface area contributed by atoms with Crippen molar-refractivity contribution < 1.29 is 14.3 Å². The average molecular weight is 249 g/mol. The summed E-state index contributed by atoms with van der Waals surface area (Å²) in [6.07, 6.45) is 0.965. The summed E-state index contributed by atoms with van der Waals surface area (Å²) < 4.78 is 4.65. The van der Waals surface area contributed by atoms with Crippen LogP contribution in [0.4, 0.5) is 5.69 Å². The van der Waals surface area contributed by atoms with Crippen LogP contribution in [0.2, 0.25) is 0 Å². The Morgan fingerprint density at radius 3 is 2.56 bits per heavy atom. The van der Waals surface area contributed by atoms with Crippen LogP contribution in [0.3, 0.4) is 0 Å². The molecule has 4 nitrogen and oxygen atoms in total. The van der Waals surface area contributed by atoms with Crippen molar-refractivity contribution in [1.29, 1.82) is 0 Å². The molecule has 4 heteroatoms. The van der Waals surface area contributed by atoms with Crippen molar-refractivity contribution in [3.8, 4) is 0 Å². The average Bonchev–Trinajstić information content (AvgIpc) is 2.38. The van der Waals surface area contributed by atoms with Gasteiger partial charge < -0.3 is 10.1 Å². The standard InChI is InChI=1S/C14H19NO3/c1-4-10(3)11-8-6-7-9-12(11)15-13(16)14(17)18-5-2/h6-10H,4-5H2,1-3H3,(H,15,16)/t10-/m1/s1. The Kier molecular flexibility index (Phi) is 5.36. The maximum absolute atomic E-state index is 11.6. The summed E-state index contributed by atoms with van der Waals surface area (Å²) in [5.41, 5.74) is 1.70. The van der Waals surface area contributed by atoms with Crippen LogP contribution < -0.4 is 5.32 Å². The number of benzene rings is 1. The van der Waals surface area contributed by atoms with Gasteiger partial charge in [-0.2, -0.15) is 0 Å². The van der Waals surface area contributed by atoms with Gasteiger partial charge in [-0.1, -0.05) is 32.0 Å². The minimum atomic E-state index is -0.851. The number of ether oxygens (including phenoxy) is 1. The van der Waals surface area contributed by atoms with Gasteiger partial charge in [0.2, 0.25) is 0 Å². The minimum Gasteiger partial charge on any atom is -0.459 e. The van der Waals surface area contributed by atoms with E-state index in [9.17, 15) is 9.59 Å². The van der Waals surface area contributed by atoms with E-state index in [1.807, 2.05) is 18.2 Å². The summed E-state index contributed by atoms with van der Waals surface area (Å²) in [7, 11) is 0. The molecule has 1 N–H and O–H groups in total. The maximum atomic E-state index is 11.6. The molecular weight excluding hydrogens is 230 g/mol. The van der Waals surface area contributed by atoms with Crippen LogP contribution in [0.15, 0.2) is 24.3 Å². The molecule has 0 bridgehead atoms. The first-order valence-corrected chi connectivity index (χ1v) is 6.17. The fourth-order valence-corrected chi connectivity index (χ4v) is 1.63. The van der Waals surface area contributed by atoms with Crippen molar-refractivity contribution in [1.82, 2.24) is 0 Å². The lowest BCUT2D eigenvalue weighted by Crippen LogP contribution is -2.25. The number of para-hydroxylation sites is 1. The molecule has 0 saturated carbocycles. The van der Waals surface area contributed by atoms with Crippen molar-refractivity contribution in [2.75, 3.05) is 11.9 Å². The van der Waals surface area contributed by atoms with Crippen molar-refractivity contribution in [3.05, 3.63) is 29.8 Å². The minimum absolute atomic E-state index is 0.194. The summed E-state index contributed by atoms with van der Waals surface area (Å²) in [6, 6.07) is 7.49. The number of esters is 1. The molecule has 1 amide bonds. The molecule has 0 aromatic heterocycles. The summed E-state index contributed by atoms with van der Waals surface area (Å²) in [5.74, 6) is -1.26. The predicted molar refractivity (Wildman–Crippen MR) is 70.4 cm³/mol. The highest BCUT2D eigenvalue weighted by molar-refractivity contribution is 6.37. The lowest BCUT2D eigenvalue weighted by molar-refractivity contribution is -0.152. The number of rotatable bonds is 4. The van der Waals surface area contributed by atoms with E-state index >= 15 is 0 Å². The molecule has 0 spiro atoms. The Hall–Kier alpha value is -1.84. The van der Waals surface area contributed by atoms with E-state index in [4.69, 9.17) is 0 Å². The molecule has 18 heavy (non-hydrogen) atoms. The van der Waals surface area contributed by atoms with Gasteiger partial charge in [0.1, 0.15) is 0 Å². The van der Waals surface area contributed by atoms with Gasteiger partial charge in [0.15, 0.2) is 0 Å². The molecular formula is C14H19NO3. The number of hydrogen-bond donors (Lipinski definition) is 1. The summed E-state index contributed by atoms with van der Waals surface area (Å²) in [5, 5.41) is 2.60. The molecule has 98 valence electrons. The third-order valence-corrected chi connectivity index (χ3v) is 2.81. The highest BCUT2D eigenvalue weighted by Crippen LogP contribution is 2.26. The van der Waals surface area contributed by atoms with E-state index in [0.29, 0.717) is 11.6 Å². The second-order valence-electron chi connectivity index (χ2n) is 4.07. The van der Waals surface area contributed by atoms with E-state index in [-0.39, 0.29) is 6.61 Å². The SMILES string of the molecule is CCOC(=O)C(=O)Nc1ccccc1[C@H](C)CC. The van der Waals surface area contributed by atoms with E-state index in [1.54, 1.807) is 13.0 Å². The fourth-order valence-electron chi connectivity index (χ4n) is 1.63. The molecule has 1 aromatic carbocycles. The van der Waals surface area contributed by atoms with E-state index in [0.717, 1.165) is 12.0 Å². The second-order valence-corrected chi connectivity index (χ2v) is 4.07. The molecule has 1 rings (SSSR count). The molecule has 1 aromatic rings. The molecule has 0 aliphatic heterocycles. The summed E-state index contributed by atoms with van der Waals surface area (Å²) >= 11 is 0. The third kappa shape index (κ3) is 3.58. The van der Waals surface area contributed by atoms with Gasteiger partial charge in [-0.25, -0.2) is 4.79 Å². The Labute approximate surface area is 107 Å². The van der Waals surface area contributed by atoms with E-state index < -0.39 is 11.9 Å². The zero-order chi connectivity index (χ0) is 13.5. The molecule has 1 atom stereocenters. The van der Waals surface area contributed by atoms with E-state index in [2.05, 4.69) is 23.9 Å². The van der Waals surface area contributed by atoms with Gasteiger partial charge in [-0.05, 0) is 30.9 Å². The van der Waals surface area contributed by atoms with Crippen molar-refractivity contribution in [2.24, 2.45) is 0 Å². The monoisotopic (exact) mass is 249 g/mol. The number of carbonyl (C=O) groups is 2. The number of anilines is 1. The normalized spacial score (nSPS) is 11.7. The topological polar surface area (TPSA) is 55.4 Å². The van der Waals surface area contributed by atoms with Crippen LogP contribution in [0.1, 0.15) is 38.7 Å². The Balaban J connectivity index is 2.84. The Morgan fingerprint density at radius 2 is 1.94 bits per heavy atom. The lowest BCUT2D eigenvalue weighted by Gasteiger charge is -2.15. The quantitative estimate of drug-likeness (QED) is 0.659. The molecule has 0 saturated heterocycles. The molecule has 0 radical (unpaired) electrons. The Bertz CT molecular complexity index is 429. The predicted octanol–water partition coefficient (Wildman–Crippen LogP) is 2.70. The zero-order valence-electron chi connectivity index (χ0n) is 11.0. The third-order valence-electron chi connectivity index (χ3n) is 2.81. The number of nitrogens with one attached hydrogen (secondary N) is 1. The highest BCUT2D eigenvalue weighted by atomic mass is 16.5. The molecule has 0 aliphatic rings. The summed E-state index contributed by atoms with van der Waals surface area (Å²) in [4.78, 5) is 22.8. The largest absolute Gasteiger partial charge is 0.459 e. The van der Waals surface area contributed by atoms with Gasteiger partial charge in [0, 0.05) is 5.69 Å². The molecule has 0 fully saturated rings. The first-order chi connectivity index (χ1) is 8.60. The van der Waals surface area contributed by atoms with Crippen LogP contribution in [0, 0.1) is 0 Å². The van der Waals surface area contributed by atoms with Gasteiger partial charge in [-0.15, -0.1) is 0 Å². The lowest BCUT2D eigenvalue weighted by atomic mass is 9.97. The van der Waals surface area contributed by atoms with Crippen LogP contribution in [-0.2, 0) is 14.3 Å². The first kappa shape index (κ1) is 14.2. The highest BCUT2D eigenvalue weighted by Gasteiger charge is 2.17. The Morgan fingerprint density at radius 1 is 1.28 bits per heavy atom. The molecule has 0 aliphatic carbocycles. The van der Waals surface area contributed by atoms with Crippen molar-refractivity contribution in [3.63, 3.8) is 0 Å². The van der Waals surface area contributed by atoms with Gasteiger partial charge in [0.25, 0.3) is 0 Å². The number of hydrogen-bond acceptors (Lipinski definition) is 3. The maximum Gasteiger partial charge on any atom is 0.397 e. The van der Waals surface area contributed by atoms with Crippen molar-refractivity contribution in [2.45, 2.75) is 33.1 Å². The smallest absolute Gasteiger partial charge is 0.397 e. The van der Waals surface area contributed by atoms with Crippen LogP contribution in [0.25, 0.3) is 0 Å².